The van der Waals surface area contributed by atoms with Crippen LogP contribution in [0.25, 0.3) is 10.9 Å². The molecule has 1 aliphatic rings. The van der Waals surface area contributed by atoms with Crippen molar-refractivity contribution < 1.29 is 13.2 Å². The van der Waals surface area contributed by atoms with E-state index in [2.05, 4.69) is 0 Å². The van der Waals surface area contributed by atoms with Gasteiger partial charge in [0.15, 0.2) is 11.6 Å². The van der Waals surface area contributed by atoms with E-state index in [1.54, 1.807) is 10.8 Å². The molecular formula is C11H9F3N2. The Morgan fingerprint density at radius 3 is 2.88 bits per heavy atom. The summed E-state index contributed by atoms with van der Waals surface area (Å²) in [5, 5.41) is 0.115. The fraction of sp³-hybridized carbons (Fsp3) is 0.273. The van der Waals surface area contributed by atoms with Gasteiger partial charge in [-0.2, -0.15) is 0 Å². The number of alkyl halides is 1. The summed E-state index contributed by atoms with van der Waals surface area (Å²) >= 11 is 0. The van der Waals surface area contributed by atoms with E-state index in [1.807, 2.05) is 0 Å². The SMILES string of the molecule is N[C@@H]1Cn2ccc3c(F)c(F)cc(c32)[C@@H]1F. The second kappa shape index (κ2) is 3.01. The molecule has 2 heterocycles. The van der Waals surface area contributed by atoms with Crippen LogP contribution in [-0.2, 0) is 6.54 Å². The van der Waals surface area contributed by atoms with Crippen LogP contribution in [0.5, 0.6) is 0 Å². The molecule has 1 aliphatic heterocycles. The van der Waals surface area contributed by atoms with Crippen LogP contribution in [0.4, 0.5) is 13.2 Å². The predicted octanol–water partition coefficient (Wildman–Crippen LogP) is 2.27. The van der Waals surface area contributed by atoms with Gasteiger partial charge in [-0.1, -0.05) is 0 Å². The molecule has 5 heteroatoms. The van der Waals surface area contributed by atoms with E-state index in [0.717, 1.165) is 6.07 Å². The lowest BCUT2D eigenvalue weighted by molar-refractivity contribution is 0.260. The molecule has 0 spiro atoms. The van der Waals surface area contributed by atoms with Crippen LogP contribution in [0.2, 0.25) is 0 Å². The summed E-state index contributed by atoms with van der Waals surface area (Å²) < 4.78 is 42.1. The van der Waals surface area contributed by atoms with E-state index >= 15 is 0 Å². The number of nitrogens with zero attached hydrogens (tertiary/aromatic N) is 1. The van der Waals surface area contributed by atoms with E-state index in [0.29, 0.717) is 5.52 Å². The fourth-order valence-corrected chi connectivity index (χ4v) is 2.28. The summed E-state index contributed by atoms with van der Waals surface area (Å²) in [6.07, 6.45) is 0.155. The van der Waals surface area contributed by atoms with E-state index in [1.165, 1.54) is 6.07 Å². The van der Waals surface area contributed by atoms with Gasteiger partial charge in [-0.3, -0.25) is 0 Å². The van der Waals surface area contributed by atoms with Crippen molar-refractivity contribution in [1.82, 2.24) is 4.57 Å². The smallest absolute Gasteiger partial charge is 0.168 e. The average molecular weight is 226 g/mol. The molecule has 2 nitrogen and oxygen atoms in total. The zero-order valence-corrected chi connectivity index (χ0v) is 8.25. The topological polar surface area (TPSA) is 30.9 Å². The number of hydrogen-bond acceptors (Lipinski definition) is 1. The number of rotatable bonds is 0. The number of hydrogen-bond donors (Lipinski definition) is 1. The van der Waals surface area contributed by atoms with Crippen molar-refractivity contribution in [3.05, 3.63) is 35.5 Å². The highest BCUT2D eigenvalue weighted by atomic mass is 19.2. The second-order valence-electron chi connectivity index (χ2n) is 4.06. The Hall–Kier alpha value is -1.49. The van der Waals surface area contributed by atoms with Crippen LogP contribution in [0.15, 0.2) is 18.3 Å². The third-order valence-electron chi connectivity index (χ3n) is 3.05. The zero-order chi connectivity index (χ0) is 11.4. The van der Waals surface area contributed by atoms with Crippen LogP contribution >= 0.6 is 0 Å². The predicted molar refractivity (Wildman–Crippen MR) is 53.7 cm³/mol. The lowest BCUT2D eigenvalue weighted by atomic mass is 9.98. The van der Waals surface area contributed by atoms with Gasteiger partial charge in [0.1, 0.15) is 6.17 Å². The Labute approximate surface area is 89.5 Å². The van der Waals surface area contributed by atoms with Crippen molar-refractivity contribution in [2.75, 3.05) is 0 Å². The van der Waals surface area contributed by atoms with E-state index < -0.39 is 23.8 Å². The van der Waals surface area contributed by atoms with Gasteiger partial charge in [-0.05, 0) is 12.1 Å². The average Bonchev–Trinajstić information content (AvgIpc) is 2.66. The number of halogens is 3. The van der Waals surface area contributed by atoms with E-state index in [-0.39, 0.29) is 17.5 Å². The van der Waals surface area contributed by atoms with Gasteiger partial charge in [0.05, 0.1) is 11.6 Å². The summed E-state index contributed by atoms with van der Waals surface area (Å²) in [5.74, 6) is -1.96. The summed E-state index contributed by atoms with van der Waals surface area (Å²) in [7, 11) is 0. The normalized spacial score (nSPS) is 24.0. The maximum absolute atomic E-state index is 13.8. The van der Waals surface area contributed by atoms with Crippen molar-refractivity contribution in [1.29, 1.82) is 0 Å². The van der Waals surface area contributed by atoms with Gasteiger partial charge < -0.3 is 10.3 Å². The largest absolute Gasteiger partial charge is 0.345 e. The molecule has 84 valence electrons. The van der Waals surface area contributed by atoms with Crippen molar-refractivity contribution in [2.45, 2.75) is 18.8 Å². The molecule has 1 aromatic carbocycles. The maximum atomic E-state index is 13.8. The summed E-state index contributed by atoms with van der Waals surface area (Å²) in [6, 6.07) is 1.63. The van der Waals surface area contributed by atoms with Crippen LogP contribution in [0, 0.1) is 11.6 Å². The van der Waals surface area contributed by atoms with Crippen molar-refractivity contribution in [2.24, 2.45) is 5.73 Å². The zero-order valence-electron chi connectivity index (χ0n) is 8.25. The molecule has 2 N–H and O–H groups in total. The van der Waals surface area contributed by atoms with Gasteiger partial charge in [-0.25, -0.2) is 13.2 Å². The van der Waals surface area contributed by atoms with Crippen molar-refractivity contribution in [3.63, 3.8) is 0 Å². The second-order valence-corrected chi connectivity index (χ2v) is 4.06. The Bertz CT molecular complexity index is 576. The molecule has 0 radical (unpaired) electrons. The molecular weight excluding hydrogens is 217 g/mol. The molecule has 3 rings (SSSR count). The van der Waals surface area contributed by atoms with E-state index in [4.69, 9.17) is 5.73 Å². The standard InChI is InChI=1S/C11H9F3N2/c12-7-3-6-10(14)8(15)4-16-2-1-5(9(7)13)11(6)16/h1-3,8,10H,4,15H2/t8-,10+/m1/s1. The Kier molecular flexibility index (Phi) is 1.83. The van der Waals surface area contributed by atoms with Gasteiger partial charge in [0.25, 0.3) is 0 Å². The van der Waals surface area contributed by atoms with Gasteiger partial charge in [0.2, 0.25) is 0 Å². The van der Waals surface area contributed by atoms with Crippen LogP contribution < -0.4 is 5.73 Å². The molecule has 0 bridgehead atoms. The van der Waals surface area contributed by atoms with Crippen molar-refractivity contribution in [3.8, 4) is 0 Å². The Morgan fingerprint density at radius 2 is 2.12 bits per heavy atom. The third kappa shape index (κ3) is 1.06. The molecule has 0 unspecified atom stereocenters. The maximum Gasteiger partial charge on any atom is 0.168 e. The minimum absolute atomic E-state index is 0.115. The summed E-state index contributed by atoms with van der Waals surface area (Å²) in [5.41, 5.74) is 6.15. The van der Waals surface area contributed by atoms with Crippen LogP contribution in [-0.4, -0.2) is 10.6 Å². The number of aromatic nitrogens is 1. The third-order valence-corrected chi connectivity index (χ3v) is 3.05. The molecule has 0 aliphatic carbocycles. The molecule has 0 saturated heterocycles. The highest BCUT2D eigenvalue weighted by Crippen LogP contribution is 2.36. The summed E-state index contributed by atoms with van der Waals surface area (Å²) in [4.78, 5) is 0. The molecule has 1 aromatic heterocycles. The van der Waals surface area contributed by atoms with Gasteiger partial charge in [-0.15, -0.1) is 0 Å². The van der Waals surface area contributed by atoms with Crippen LogP contribution in [0.1, 0.15) is 11.7 Å². The lowest BCUT2D eigenvalue weighted by Gasteiger charge is -2.25. The highest BCUT2D eigenvalue weighted by molar-refractivity contribution is 5.85. The highest BCUT2D eigenvalue weighted by Gasteiger charge is 2.30. The molecule has 0 amide bonds. The van der Waals surface area contributed by atoms with Gasteiger partial charge >= 0.3 is 0 Å². The first kappa shape index (κ1) is 9.72. The molecule has 2 aromatic rings. The fourth-order valence-electron chi connectivity index (χ4n) is 2.28. The van der Waals surface area contributed by atoms with Gasteiger partial charge in [0, 0.05) is 23.7 Å². The Balaban J connectivity index is 2.43. The quantitative estimate of drug-likeness (QED) is 0.734. The van der Waals surface area contributed by atoms with E-state index in [9.17, 15) is 13.2 Å². The minimum atomic E-state index is -1.44. The number of nitrogens with two attached hydrogens (primary N) is 1. The molecule has 0 fully saturated rings. The van der Waals surface area contributed by atoms with Crippen LogP contribution in [0.3, 0.4) is 0 Å². The Morgan fingerprint density at radius 1 is 1.38 bits per heavy atom. The first-order valence-corrected chi connectivity index (χ1v) is 4.96. The molecule has 0 saturated carbocycles. The monoisotopic (exact) mass is 226 g/mol. The molecule has 16 heavy (non-hydrogen) atoms. The first-order chi connectivity index (χ1) is 7.59. The van der Waals surface area contributed by atoms with Crippen molar-refractivity contribution >= 4 is 10.9 Å². The minimum Gasteiger partial charge on any atom is -0.345 e. The first-order valence-electron chi connectivity index (χ1n) is 4.96. The lowest BCUT2D eigenvalue weighted by Crippen LogP contribution is -2.34. The molecule has 2 atom stereocenters. The summed E-state index contributed by atoms with van der Waals surface area (Å²) in [6.45, 7) is 0.280. The number of benzene rings is 1.